The van der Waals surface area contributed by atoms with Crippen molar-refractivity contribution >= 4 is 16.8 Å². The number of benzene rings is 1. The van der Waals surface area contributed by atoms with Crippen LogP contribution >= 0.6 is 0 Å². The Morgan fingerprint density at radius 2 is 2.11 bits per heavy atom. The number of nitrogens with zero attached hydrogens (tertiary/aromatic N) is 2. The van der Waals surface area contributed by atoms with Gasteiger partial charge in [-0.1, -0.05) is 19.1 Å². The van der Waals surface area contributed by atoms with E-state index >= 15 is 0 Å². The first-order valence-electron chi connectivity index (χ1n) is 5.88. The van der Waals surface area contributed by atoms with Gasteiger partial charge in [0, 0.05) is 6.54 Å². The SMILES string of the molecule is CCCn1c(CC(=O)C(F)F)nc2ccccc21. The van der Waals surface area contributed by atoms with Gasteiger partial charge in [0.2, 0.25) is 5.78 Å². The van der Waals surface area contributed by atoms with E-state index in [0.29, 0.717) is 12.4 Å². The van der Waals surface area contributed by atoms with Gasteiger partial charge in [-0.3, -0.25) is 4.79 Å². The minimum atomic E-state index is -2.93. The van der Waals surface area contributed by atoms with Crippen molar-refractivity contribution in [3.05, 3.63) is 30.1 Å². The van der Waals surface area contributed by atoms with Gasteiger partial charge in [0.05, 0.1) is 17.5 Å². The first-order valence-corrected chi connectivity index (χ1v) is 5.88. The highest BCUT2D eigenvalue weighted by atomic mass is 19.3. The van der Waals surface area contributed by atoms with Gasteiger partial charge in [-0.15, -0.1) is 0 Å². The number of halogens is 2. The Morgan fingerprint density at radius 1 is 1.39 bits per heavy atom. The molecular formula is C13H14F2N2O. The fraction of sp³-hybridized carbons (Fsp3) is 0.385. The van der Waals surface area contributed by atoms with Crippen molar-refractivity contribution in [3.8, 4) is 0 Å². The zero-order valence-electron chi connectivity index (χ0n) is 10.1. The third-order valence-electron chi connectivity index (χ3n) is 2.76. The van der Waals surface area contributed by atoms with Crippen molar-refractivity contribution in [2.24, 2.45) is 0 Å². The largest absolute Gasteiger partial charge is 0.328 e. The maximum Gasteiger partial charge on any atom is 0.296 e. The normalized spacial score (nSPS) is 11.3. The van der Waals surface area contributed by atoms with Crippen LogP contribution in [-0.4, -0.2) is 21.8 Å². The molecule has 0 unspecified atom stereocenters. The van der Waals surface area contributed by atoms with Gasteiger partial charge >= 0.3 is 0 Å². The molecule has 0 spiro atoms. The highest BCUT2D eigenvalue weighted by Gasteiger charge is 2.19. The quantitative estimate of drug-likeness (QED) is 0.820. The summed E-state index contributed by atoms with van der Waals surface area (Å²) in [5.74, 6) is -0.661. The molecule has 0 radical (unpaired) electrons. The predicted octanol–water partition coefficient (Wildman–Crippen LogP) is 2.82. The van der Waals surface area contributed by atoms with E-state index in [2.05, 4.69) is 4.98 Å². The van der Waals surface area contributed by atoms with Gasteiger partial charge < -0.3 is 4.57 Å². The van der Waals surface area contributed by atoms with E-state index in [0.717, 1.165) is 17.5 Å². The number of carbonyl (C=O) groups is 1. The molecule has 0 amide bonds. The molecule has 0 bridgehead atoms. The summed E-state index contributed by atoms with van der Waals surface area (Å²) in [6.07, 6.45) is -2.39. The van der Waals surface area contributed by atoms with Gasteiger partial charge in [0.25, 0.3) is 6.43 Å². The van der Waals surface area contributed by atoms with Crippen LogP contribution in [-0.2, 0) is 17.8 Å². The van der Waals surface area contributed by atoms with Gasteiger partial charge in [0.1, 0.15) is 5.82 Å². The van der Waals surface area contributed by atoms with Crippen molar-refractivity contribution in [3.63, 3.8) is 0 Å². The summed E-state index contributed by atoms with van der Waals surface area (Å²) >= 11 is 0. The Hall–Kier alpha value is -1.78. The van der Waals surface area contributed by atoms with Crippen molar-refractivity contribution in [2.75, 3.05) is 0 Å². The molecule has 0 atom stereocenters. The molecular weight excluding hydrogens is 238 g/mol. The maximum absolute atomic E-state index is 12.3. The molecule has 96 valence electrons. The van der Waals surface area contributed by atoms with E-state index < -0.39 is 12.2 Å². The number of fused-ring (bicyclic) bond motifs is 1. The number of alkyl halides is 2. The molecule has 0 aliphatic carbocycles. The van der Waals surface area contributed by atoms with Crippen molar-refractivity contribution in [1.82, 2.24) is 9.55 Å². The van der Waals surface area contributed by atoms with E-state index in [4.69, 9.17) is 0 Å². The molecule has 0 aliphatic rings. The average Bonchev–Trinajstić information content (AvgIpc) is 2.68. The van der Waals surface area contributed by atoms with Crippen LogP contribution in [0.1, 0.15) is 19.2 Å². The number of rotatable bonds is 5. The fourth-order valence-electron chi connectivity index (χ4n) is 1.97. The lowest BCUT2D eigenvalue weighted by molar-refractivity contribution is -0.128. The molecule has 0 N–H and O–H groups in total. The van der Waals surface area contributed by atoms with Crippen LogP contribution in [0.4, 0.5) is 8.78 Å². The second-order valence-electron chi connectivity index (χ2n) is 4.11. The summed E-state index contributed by atoms with van der Waals surface area (Å²) in [6, 6.07) is 7.41. The Labute approximate surface area is 103 Å². The third kappa shape index (κ3) is 2.39. The van der Waals surface area contributed by atoms with Crippen LogP contribution in [0.15, 0.2) is 24.3 Å². The lowest BCUT2D eigenvalue weighted by Gasteiger charge is -2.06. The number of Topliss-reactive ketones (excluding diaryl/α,β-unsaturated/α-hetero) is 1. The first kappa shape index (κ1) is 12.7. The lowest BCUT2D eigenvalue weighted by atomic mass is 10.2. The third-order valence-corrected chi connectivity index (χ3v) is 2.76. The van der Waals surface area contributed by atoms with Crippen LogP contribution in [0, 0.1) is 0 Å². The summed E-state index contributed by atoms with van der Waals surface area (Å²) in [4.78, 5) is 15.4. The monoisotopic (exact) mass is 252 g/mol. The Bertz CT molecular complexity index is 563. The standard InChI is InChI=1S/C13H14F2N2O/c1-2-7-17-10-6-4-3-5-9(10)16-12(17)8-11(18)13(14)15/h3-6,13H,2,7-8H2,1H3. The fourth-order valence-corrected chi connectivity index (χ4v) is 1.97. The van der Waals surface area contributed by atoms with Crippen LogP contribution in [0.25, 0.3) is 11.0 Å². The van der Waals surface area contributed by atoms with Crippen LogP contribution in [0.5, 0.6) is 0 Å². The molecule has 0 saturated carbocycles. The topological polar surface area (TPSA) is 34.9 Å². The summed E-state index contributed by atoms with van der Waals surface area (Å²) in [5.41, 5.74) is 1.62. The molecule has 1 heterocycles. The highest BCUT2D eigenvalue weighted by molar-refractivity contribution is 5.84. The molecule has 18 heavy (non-hydrogen) atoms. The summed E-state index contributed by atoms with van der Waals surface area (Å²) in [6.45, 7) is 2.67. The summed E-state index contributed by atoms with van der Waals surface area (Å²) < 4.78 is 26.4. The number of aryl methyl sites for hydroxylation is 1. The molecule has 2 aromatic rings. The van der Waals surface area contributed by atoms with Crippen molar-refractivity contribution in [1.29, 1.82) is 0 Å². The molecule has 0 fully saturated rings. The van der Waals surface area contributed by atoms with E-state index in [1.807, 2.05) is 35.8 Å². The molecule has 0 saturated heterocycles. The summed E-state index contributed by atoms with van der Waals surface area (Å²) in [5, 5.41) is 0. The Morgan fingerprint density at radius 3 is 2.78 bits per heavy atom. The second kappa shape index (κ2) is 5.25. The predicted molar refractivity (Wildman–Crippen MR) is 64.7 cm³/mol. The lowest BCUT2D eigenvalue weighted by Crippen LogP contribution is -2.16. The molecule has 1 aromatic heterocycles. The number of hydrogen-bond acceptors (Lipinski definition) is 2. The van der Waals surface area contributed by atoms with E-state index in [1.54, 1.807) is 0 Å². The van der Waals surface area contributed by atoms with Crippen molar-refractivity contribution < 1.29 is 13.6 Å². The minimum Gasteiger partial charge on any atom is -0.328 e. The number of aromatic nitrogens is 2. The minimum absolute atomic E-state index is 0.313. The molecule has 0 aliphatic heterocycles. The van der Waals surface area contributed by atoms with E-state index in [-0.39, 0.29) is 6.42 Å². The molecule has 2 rings (SSSR count). The highest BCUT2D eigenvalue weighted by Crippen LogP contribution is 2.17. The maximum atomic E-state index is 12.3. The van der Waals surface area contributed by atoms with Gasteiger partial charge in [-0.2, -0.15) is 0 Å². The zero-order chi connectivity index (χ0) is 13.1. The zero-order valence-corrected chi connectivity index (χ0v) is 10.1. The Kier molecular flexibility index (Phi) is 3.69. The van der Waals surface area contributed by atoms with E-state index in [9.17, 15) is 13.6 Å². The Balaban J connectivity index is 2.42. The number of para-hydroxylation sites is 2. The van der Waals surface area contributed by atoms with Crippen LogP contribution in [0.3, 0.4) is 0 Å². The summed E-state index contributed by atoms with van der Waals surface area (Å²) in [7, 11) is 0. The van der Waals surface area contributed by atoms with Crippen LogP contribution in [0.2, 0.25) is 0 Å². The van der Waals surface area contributed by atoms with Crippen LogP contribution < -0.4 is 0 Å². The first-order chi connectivity index (χ1) is 8.63. The van der Waals surface area contributed by atoms with Gasteiger partial charge in [0.15, 0.2) is 0 Å². The number of carbonyl (C=O) groups excluding carboxylic acids is 1. The second-order valence-corrected chi connectivity index (χ2v) is 4.11. The van der Waals surface area contributed by atoms with E-state index in [1.165, 1.54) is 0 Å². The van der Waals surface area contributed by atoms with Gasteiger partial charge in [-0.25, -0.2) is 13.8 Å². The number of imidazole rings is 1. The molecule has 5 heteroatoms. The number of ketones is 1. The van der Waals surface area contributed by atoms with Gasteiger partial charge in [-0.05, 0) is 18.6 Å². The molecule has 1 aromatic carbocycles. The molecule has 3 nitrogen and oxygen atoms in total. The smallest absolute Gasteiger partial charge is 0.296 e. The number of hydrogen-bond donors (Lipinski definition) is 0. The average molecular weight is 252 g/mol. The van der Waals surface area contributed by atoms with Crippen molar-refractivity contribution in [2.45, 2.75) is 32.7 Å².